The molecule has 4 nitrogen and oxygen atoms in total. The van der Waals surface area contributed by atoms with Crippen LogP contribution in [0.25, 0.3) is 22.2 Å². The summed E-state index contributed by atoms with van der Waals surface area (Å²) in [5.41, 5.74) is 6.89. The van der Waals surface area contributed by atoms with Gasteiger partial charge in [-0.15, -0.1) is 0 Å². The molecule has 0 saturated carbocycles. The molecule has 4 rings (SSSR count). The molecule has 0 unspecified atom stereocenters. The predicted molar refractivity (Wildman–Crippen MR) is 110 cm³/mol. The minimum Gasteiger partial charge on any atom is -0.361 e. The third-order valence-electron chi connectivity index (χ3n) is 5.07. The summed E-state index contributed by atoms with van der Waals surface area (Å²) < 4.78 is 7.54. The highest BCUT2D eigenvalue weighted by atomic mass is 16.5. The minimum absolute atomic E-state index is 0.739. The van der Waals surface area contributed by atoms with Crippen LogP contribution in [0, 0.1) is 20.8 Å². The molecule has 2 aromatic heterocycles. The second-order valence-corrected chi connectivity index (χ2v) is 7.03. The number of rotatable bonds is 5. The Balaban J connectivity index is 1.66. The normalized spacial score (nSPS) is 11.4. The number of imidazole rings is 1. The molecule has 0 atom stereocenters. The minimum atomic E-state index is 0.739. The van der Waals surface area contributed by atoms with Gasteiger partial charge in [0.1, 0.15) is 19.4 Å². The number of hydrogen-bond acceptors (Lipinski definition) is 3. The van der Waals surface area contributed by atoms with Crippen molar-refractivity contribution in [1.82, 2.24) is 14.7 Å². The molecular weight excluding hydrogens is 333 g/mol. The van der Waals surface area contributed by atoms with Crippen LogP contribution < -0.4 is 5.46 Å². The summed E-state index contributed by atoms with van der Waals surface area (Å²) in [7, 11) is 6.45. The molecule has 0 aliphatic rings. The van der Waals surface area contributed by atoms with Crippen molar-refractivity contribution in [2.24, 2.45) is 0 Å². The summed E-state index contributed by atoms with van der Waals surface area (Å²) in [5, 5.41) is 4.05. The summed E-state index contributed by atoms with van der Waals surface area (Å²) in [4.78, 5) is 4.76. The van der Waals surface area contributed by atoms with E-state index in [1.807, 2.05) is 32.9 Å². The van der Waals surface area contributed by atoms with Gasteiger partial charge in [0.05, 0.1) is 16.7 Å². The second kappa shape index (κ2) is 7.07. The van der Waals surface area contributed by atoms with E-state index >= 15 is 0 Å². The molecule has 134 valence electrons. The van der Waals surface area contributed by atoms with Gasteiger partial charge in [0, 0.05) is 12.1 Å². The molecular formula is C22H22BN3O. The molecule has 0 fully saturated rings. The first-order valence-corrected chi connectivity index (χ1v) is 9.28. The van der Waals surface area contributed by atoms with Gasteiger partial charge in [0.25, 0.3) is 0 Å². The fourth-order valence-electron chi connectivity index (χ4n) is 3.82. The zero-order valence-electron chi connectivity index (χ0n) is 16.0. The van der Waals surface area contributed by atoms with Crippen LogP contribution in [0.2, 0.25) is 0 Å². The first-order chi connectivity index (χ1) is 13.0. The molecule has 4 aromatic rings. The van der Waals surface area contributed by atoms with Crippen LogP contribution in [0.5, 0.6) is 0 Å². The molecule has 0 amide bonds. The molecule has 2 heterocycles. The van der Waals surface area contributed by atoms with Gasteiger partial charge in [0.15, 0.2) is 0 Å². The Morgan fingerprint density at radius 3 is 2.56 bits per heavy atom. The van der Waals surface area contributed by atoms with Gasteiger partial charge >= 0.3 is 0 Å². The van der Waals surface area contributed by atoms with E-state index in [4.69, 9.17) is 17.4 Å². The van der Waals surface area contributed by atoms with Crippen LogP contribution in [-0.2, 0) is 13.0 Å². The van der Waals surface area contributed by atoms with E-state index in [1.165, 1.54) is 5.56 Å². The van der Waals surface area contributed by atoms with Crippen molar-refractivity contribution in [2.45, 2.75) is 40.2 Å². The van der Waals surface area contributed by atoms with Crippen molar-refractivity contribution in [1.29, 1.82) is 0 Å². The van der Waals surface area contributed by atoms with E-state index in [0.717, 1.165) is 64.3 Å². The highest BCUT2D eigenvalue weighted by molar-refractivity contribution is 6.38. The first kappa shape index (κ1) is 17.6. The lowest BCUT2D eigenvalue weighted by atomic mass is 9.90. The summed E-state index contributed by atoms with van der Waals surface area (Å²) in [6, 6.07) is 14.6. The van der Waals surface area contributed by atoms with E-state index in [2.05, 4.69) is 40.1 Å². The summed E-state index contributed by atoms with van der Waals surface area (Å²) in [6.07, 6.45) is 2.08. The van der Waals surface area contributed by atoms with Crippen molar-refractivity contribution in [2.75, 3.05) is 0 Å². The lowest BCUT2D eigenvalue weighted by Crippen LogP contribution is -2.11. The fourth-order valence-corrected chi connectivity index (χ4v) is 3.82. The van der Waals surface area contributed by atoms with Crippen molar-refractivity contribution in [3.8, 4) is 11.1 Å². The molecule has 0 aliphatic carbocycles. The molecule has 0 spiro atoms. The standard InChI is InChI=1S/C22H22BN3O/c1-14-21(15(2)27-25-14)18-12-19(23)22-20(13-18)24-16(3)26(22)11-7-10-17-8-5-4-6-9-17/h4-6,8-9,12-13H,7,10-11H2,1-3H3. The molecule has 0 N–H and O–H groups in total. The smallest absolute Gasteiger partial charge is 0.141 e. The highest BCUT2D eigenvalue weighted by Gasteiger charge is 2.16. The summed E-state index contributed by atoms with van der Waals surface area (Å²) in [6.45, 7) is 6.80. The number of aryl methyl sites for hydroxylation is 5. The summed E-state index contributed by atoms with van der Waals surface area (Å²) in [5.74, 6) is 1.78. The Morgan fingerprint density at radius 2 is 1.85 bits per heavy atom. The zero-order chi connectivity index (χ0) is 19.0. The first-order valence-electron chi connectivity index (χ1n) is 9.28. The van der Waals surface area contributed by atoms with Gasteiger partial charge in [-0.1, -0.05) is 47.0 Å². The molecule has 5 heteroatoms. The predicted octanol–water partition coefficient (Wildman–Crippen LogP) is 4.04. The second-order valence-electron chi connectivity index (χ2n) is 7.03. The maximum absolute atomic E-state index is 6.45. The Hall–Kier alpha value is -2.82. The van der Waals surface area contributed by atoms with E-state index in [9.17, 15) is 0 Å². The lowest BCUT2D eigenvalue weighted by molar-refractivity contribution is 0.393. The molecule has 27 heavy (non-hydrogen) atoms. The van der Waals surface area contributed by atoms with Crippen LogP contribution >= 0.6 is 0 Å². The monoisotopic (exact) mass is 355 g/mol. The zero-order valence-corrected chi connectivity index (χ0v) is 16.0. The molecule has 2 aromatic carbocycles. The largest absolute Gasteiger partial charge is 0.361 e. The van der Waals surface area contributed by atoms with E-state index in [-0.39, 0.29) is 0 Å². The van der Waals surface area contributed by atoms with Crippen LogP contribution in [0.15, 0.2) is 47.0 Å². The average molecular weight is 355 g/mol. The van der Waals surface area contributed by atoms with Crippen molar-refractivity contribution >= 4 is 24.3 Å². The van der Waals surface area contributed by atoms with Gasteiger partial charge in [-0.3, -0.25) is 0 Å². The lowest BCUT2D eigenvalue weighted by Gasteiger charge is -2.10. The topological polar surface area (TPSA) is 43.9 Å². The van der Waals surface area contributed by atoms with Crippen molar-refractivity contribution < 1.29 is 4.52 Å². The van der Waals surface area contributed by atoms with Crippen LogP contribution in [0.3, 0.4) is 0 Å². The Bertz CT molecular complexity index is 1080. The molecule has 2 radical (unpaired) electrons. The van der Waals surface area contributed by atoms with Crippen LogP contribution in [-0.4, -0.2) is 22.6 Å². The molecule has 0 saturated heterocycles. The quantitative estimate of drug-likeness (QED) is 0.508. The molecule has 0 bridgehead atoms. The SMILES string of the molecule is [B]c1cc(-c2c(C)noc2C)cc2nc(C)n(CCCc3ccccc3)c12. The Kier molecular flexibility index (Phi) is 4.60. The summed E-state index contributed by atoms with van der Waals surface area (Å²) >= 11 is 0. The van der Waals surface area contributed by atoms with Crippen LogP contribution in [0.4, 0.5) is 0 Å². The highest BCUT2D eigenvalue weighted by Crippen LogP contribution is 2.29. The van der Waals surface area contributed by atoms with Gasteiger partial charge in [-0.2, -0.15) is 0 Å². The average Bonchev–Trinajstić information content (AvgIpc) is 3.15. The number of hydrogen-bond donors (Lipinski definition) is 0. The third kappa shape index (κ3) is 3.30. The van der Waals surface area contributed by atoms with Gasteiger partial charge < -0.3 is 9.09 Å². The van der Waals surface area contributed by atoms with Crippen molar-refractivity contribution in [3.63, 3.8) is 0 Å². The number of aromatic nitrogens is 3. The Morgan fingerprint density at radius 1 is 1.07 bits per heavy atom. The van der Waals surface area contributed by atoms with Crippen molar-refractivity contribution in [3.05, 3.63) is 65.3 Å². The van der Waals surface area contributed by atoms with Gasteiger partial charge in [-0.05, 0) is 50.8 Å². The maximum atomic E-state index is 6.45. The maximum Gasteiger partial charge on any atom is 0.141 e. The van der Waals surface area contributed by atoms with Gasteiger partial charge in [-0.25, -0.2) is 4.98 Å². The number of nitrogens with zero attached hydrogens (tertiary/aromatic N) is 3. The van der Waals surface area contributed by atoms with Gasteiger partial charge in [0.2, 0.25) is 0 Å². The van der Waals surface area contributed by atoms with E-state index in [0.29, 0.717) is 0 Å². The number of benzene rings is 2. The van der Waals surface area contributed by atoms with E-state index < -0.39 is 0 Å². The number of fused-ring (bicyclic) bond motifs is 1. The molecule has 0 aliphatic heterocycles. The Labute approximate surface area is 160 Å². The fraction of sp³-hybridized carbons (Fsp3) is 0.273. The van der Waals surface area contributed by atoms with E-state index in [1.54, 1.807) is 0 Å². The van der Waals surface area contributed by atoms with Crippen LogP contribution in [0.1, 0.15) is 29.3 Å². The third-order valence-corrected chi connectivity index (χ3v) is 5.07.